The van der Waals surface area contributed by atoms with Crippen LogP contribution >= 0.6 is 0 Å². The van der Waals surface area contributed by atoms with Crippen molar-refractivity contribution in [2.75, 3.05) is 0 Å². The van der Waals surface area contributed by atoms with Crippen molar-refractivity contribution in [2.45, 2.75) is 92.9 Å². The van der Waals surface area contributed by atoms with Crippen molar-refractivity contribution < 1.29 is 4.79 Å². The van der Waals surface area contributed by atoms with Crippen molar-refractivity contribution in [3.63, 3.8) is 0 Å². The van der Waals surface area contributed by atoms with E-state index in [1.165, 1.54) is 44.1 Å². The Balaban J connectivity index is 1.52. The molecule has 0 aromatic heterocycles. The molecule has 0 aliphatic heterocycles. The molecule has 162 valence electrons. The van der Waals surface area contributed by atoms with Gasteiger partial charge in [0.25, 0.3) is 0 Å². The Labute approximate surface area is 179 Å². The summed E-state index contributed by atoms with van der Waals surface area (Å²) in [5.41, 5.74) is 2.10. The lowest BCUT2D eigenvalue weighted by atomic mass is 9.48. The van der Waals surface area contributed by atoms with Crippen LogP contribution in [0.25, 0.3) is 0 Å². The quantitative estimate of drug-likeness (QED) is 0.467. The molecule has 29 heavy (non-hydrogen) atoms. The Morgan fingerprint density at radius 3 is 2.48 bits per heavy atom. The van der Waals surface area contributed by atoms with Gasteiger partial charge in [-0.1, -0.05) is 66.5 Å². The van der Waals surface area contributed by atoms with E-state index in [2.05, 4.69) is 53.7 Å². The van der Waals surface area contributed by atoms with Gasteiger partial charge >= 0.3 is 0 Å². The van der Waals surface area contributed by atoms with E-state index in [1.807, 2.05) is 6.08 Å². The topological polar surface area (TPSA) is 17.1 Å². The van der Waals surface area contributed by atoms with E-state index in [0.717, 1.165) is 54.3 Å². The van der Waals surface area contributed by atoms with Gasteiger partial charge in [0.2, 0.25) is 0 Å². The van der Waals surface area contributed by atoms with Crippen molar-refractivity contribution in [3.8, 4) is 0 Å². The highest BCUT2D eigenvalue weighted by Crippen LogP contribution is 2.66. The monoisotopic (exact) mass is 396 g/mol. The molecular weight excluding hydrogens is 352 g/mol. The van der Waals surface area contributed by atoms with Gasteiger partial charge < -0.3 is 0 Å². The lowest BCUT2D eigenvalue weighted by Gasteiger charge is -2.56. The zero-order valence-corrected chi connectivity index (χ0v) is 19.8. The number of hydrogen-bond acceptors (Lipinski definition) is 1. The number of rotatable bonds is 5. The highest BCUT2D eigenvalue weighted by molar-refractivity contribution is 5.92. The normalized spacial score (nSPS) is 43.4. The molecule has 0 aromatic rings. The maximum absolute atomic E-state index is 12.0. The van der Waals surface area contributed by atoms with Crippen LogP contribution in [-0.2, 0) is 4.79 Å². The van der Waals surface area contributed by atoms with Gasteiger partial charge in [-0.25, -0.2) is 0 Å². The Morgan fingerprint density at radius 2 is 1.76 bits per heavy atom. The number of carbonyl (C=O) groups excluding carboxylic acids is 1. The molecule has 0 heterocycles. The van der Waals surface area contributed by atoms with E-state index in [4.69, 9.17) is 0 Å². The summed E-state index contributed by atoms with van der Waals surface area (Å²) >= 11 is 0. The zero-order chi connectivity index (χ0) is 21.0. The van der Waals surface area contributed by atoms with E-state index < -0.39 is 0 Å². The van der Waals surface area contributed by atoms with Crippen molar-refractivity contribution in [2.24, 2.45) is 52.3 Å². The highest BCUT2D eigenvalue weighted by atomic mass is 16.1. The first kappa shape index (κ1) is 21.4. The largest absolute Gasteiger partial charge is 0.295 e. The number of ketones is 1. The number of allylic oxidation sites excluding steroid dienone is 4. The van der Waals surface area contributed by atoms with Gasteiger partial charge in [0.1, 0.15) is 0 Å². The first-order chi connectivity index (χ1) is 13.7. The second-order valence-electron chi connectivity index (χ2n) is 12.1. The smallest absolute Gasteiger partial charge is 0.156 e. The number of fused-ring (bicyclic) bond motifs is 5. The van der Waals surface area contributed by atoms with Crippen LogP contribution in [0.2, 0.25) is 0 Å². The standard InChI is InChI=1S/C28H44O/c1-18(2)19(3)7-8-20(4)24-11-12-25-23-10-9-21-17-22(29)13-15-27(21,5)26(23)14-16-28(24,25)6/h9-10,17-20,23-26H,7-8,11-16H2,1-6H3/t19-,20-,23+,24-,25+,26+,27+,28-/m1/s1. The van der Waals surface area contributed by atoms with Crippen molar-refractivity contribution in [1.82, 2.24) is 0 Å². The fourth-order valence-corrected chi connectivity index (χ4v) is 8.03. The maximum atomic E-state index is 12.0. The molecule has 4 aliphatic carbocycles. The minimum Gasteiger partial charge on any atom is -0.295 e. The number of hydrogen-bond donors (Lipinski definition) is 0. The van der Waals surface area contributed by atoms with E-state index in [0.29, 0.717) is 11.2 Å². The summed E-state index contributed by atoms with van der Waals surface area (Å²) < 4.78 is 0. The van der Waals surface area contributed by atoms with Gasteiger partial charge in [-0.3, -0.25) is 4.79 Å². The van der Waals surface area contributed by atoms with Crippen LogP contribution in [0, 0.1) is 52.3 Å². The maximum Gasteiger partial charge on any atom is 0.156 e. The molecular formula is C28H44O. The summed E-state index contributed by atoms with van der Waals surface area (Å²) in [6.45, 7) is 14.9. The van der Waals surface area contributed by atoms with Gasteiger partial charge in [0.15, 0.2) is 5.78 Å². The molecule has 2 fully saturated rings. The molecule has 0 amide bonds. The van der Waals surface area contributed by atoms with Crippen molar-refractivity contribution >= 4 is 5.78 Å². The van der Waals surface area contributed by atoms with Crippen molar-refractivity contribution in [1.29, 1.82) is 0 Å². The first-order valence-electron chi connectivity index (χ1n) is 12.6. The summed E-state index contributed by atoms with van der Waals surface area (Å²) in [5.74, 6) is 6.08. The number of carbonyl (C=O) groups is 1. The summed E-state index contributed by atoms with van der Waals surface area (Å²) in [6, 6.07) is 0. The van der Waals surface area contributed by atoms with Gasteiger partial charge in [0, 0.05) is 6.42 Å². The Kier molecular flexibility index (Phi) is 5.67. The first-order valence-corrected chi connectivity index (χ1v) is 12.6. The Hall–Kier alpha value is -0.850. The fraction of sp³-hybridized carbons (Fsp3) is 0.821. The molecule has 1 heteroatoms. The summed E-state index contributed by atoms with van der Waals surface area (Å²) in [6.07, 6.45) is 17.1. The third-order valence-electron chi connectivity index (χ3n) is 10.5. The fourth-order valence-electron chi connectivity index (χ4n) is 8.03. The Morgan fingerprint density at radius 1 is 1.00 bits per heavy atom. The molecule has 0 aromatic carbocycles. The summed E-state index contributed by atoms with van der Waals surface area (Å²) in [4.78, 5) is 12.0. The van der Waals surface area contributed by atoms with E-state index in [1.54, 1.807) is 0 Å². The predicted molar refractivity (Wildman–Crippen MR) is 123 cm³/mol. The second-order valence-corrected chi connectivity index (χ2v) is 12.1. The molecule has 0 saturated heterocycles. The van der Waals surface area contributed by atoms with Crippen LogP contribution in [0.5, 0.6) is 0 Å². The van der Waals surface area contributed by atoms with E-state index in [9.17, 15) is 4.79 Å². The van der Waals surface area contributed by atoms with Crippen LogP contribution in [0.15, 0.2) is 23.8 Å². The molecule has 0 N–H and O–H groups in total. The molecule has 0 spiro atoms. The van der Waals surface area contributed by atoms with Crippen LogP contribution in [0.1, 0.15) is 92.9 Å². The van der Waals surface area contributed by atoms with E-state index in [-0.39, 0.29) is 5.41 Å². The molecule has 4 aliphatic rings. The molecule has 8 atom stereocenters. The molecule has 2 saturated carbocycles. The van der Waals surface area contributed by atoms with Gasteiger partial charge in [-0.05, 0) is 96.0 Å². The SMILES string of the molecule is CC(C)[C@H](C)CC[C@@H](C)[C@H]1CC[C@H]2[C@@H]3C=CC4=CC(=O)CC[C@]4(C)[C@H]3CC[C@]12C. The average molecular weight is 397 g/mol. The summed E-state index contributed by atoms with van der Waals surface area (Å²) in [7, 11) is 0. The summed E-state index contributed by atoms with van der Waals surface area (Å²) in [5, 5.41) is 0. The molecule has 0 radical (unpaired) electrons. The van der Waals surface area contributed by atoms with Crippen LogP contribution < -0.4 is 0 Å². The van der Waals surface area contributed by atoms with Crippen LogP contribution in [-0.4, -0.2) is 5.78 Å². The molecule has 1 nitrogen and oxygen atoms in total. The molecule has 0 bridgehead atoms. The van der Waals surface area contributed by atoms with Crippen LogP contribution in [0.4, 0.5) is 0 Å². The third kappa shape index (κ3) is 3.49. The molecule has 4 rings (SSSR count). The van der Waals surface area contributed by atoms with Crippen molar-refractivity contribution in [3.05, 3.63) is 23.8 Å². The average Bonchev–Trinajstić information content (AvgIpc) is 3.03. The Bertz CT molecular complexity index is 699. The van der Waals surface area contributed by atoms with E-state index >= 15 is 0 Å². The zero-order valence-electron chi connectivity index (χ0n) is 19.8. The minimum atomic E-state index is 0.241. The predicted octanol–water partition coefficient (Wildman–Crippen LogP) is 7.62. The lowest BCUT2D eigenvalue weighted by Crippen LogP contribution is -2.49. The highest BCUT2D eigenvalue weighted by Gasteiger charge is 2.58. The van der Waals surface area contributed by atoms with Crippen LogP contribution in [0.3, 0.4) is 0 Å². The van der Waals surface area contributed by atoms with Gasteiger partial charge in [-0.15, -0.1) is 0 Å². The lowest BCUT2D eigenvalue weighted by molar-refractivity contribution is -0.116. The minimum absolute atomic E-state index is 0.241. The second kappa shape index (κ2) is 7.69. The molecule has 0 unspecified atom stereocenters. The third-order valence-corrected chi connectivity index (χ3v) is 10.5. The van der Waals surface area contributed by atoms with Gasteiger partial charge in [-0.2, -0.15) is 0 Å². The van der Waals surface area contributed by atoms with Gasteiger partial charge in [0.05, 0.1) is 0 Å².